The minimum atomic E-state index is -0.720. The number of hydrogen-bond donors (Lipinski definition) is 3. The molecule has 0 saturated carbocycles. The summed E-state index contributed by atoms with van der Waals surface area (Å²) in [5.74, 6) is 1.23. The summed E-state index contributed by atoms with van der Waals surface area (Å²) in [5.41, 5.74) is 0. The summed E-state index contributed by atoms with van der Waals surface area (Å²) >= 11 is 0. The highest BCUT2D eigenvalue weighted by atomic mass is 16.5. The van der Waals surface area contributed by atoms with E-state index in [4.69, 9.17) is 9.15 Å². The van der Waals surface area contributed by atoms with Gasteiger partial charge in [0.05, 0.1) is 12.8 Å². The third kappa shape index (κ3) is 8.05. The number of rotatable bonds is 11. The molecule has 0 aliphatic carbocycles. The highest BCUT2D eigenvalue weighted by Crippen LogP contribution is 2.12. The molecule has 0 saturated heterocycles. The number of unbranched alkanes of at least 4 members (excludes halogenated alkanes) is 1. The van der Waals surface area contributed by atoms with E-state index in [0.29, 0.717) is 11.7 Å². The van der Waals surface area contributed by atoms with Crippen molar-refractivity contribution >= 4 is 5.96 Å². The Labute approximate surface area is 133 Å². The van der Waals surface area contributed by atoms with Crippen LogP contribution in [0, 0.1) is 0 Å². The Bertz CT molecular complexity index is 393. The number of nitrogens with one attached hydrogen (secondary N) is 2. The Hall–Kier alpha value is -1.53. The molecule has 0 spiro atoms. The van der Waals surface area contributed by atoms with Gasteiger partial charge in [0, 0.05) is 26.3 Å². The average molecular weight is 311 g/mol. The predicted octanol–water partition coefficient (Wildman–Crippen LogP) is 2.07. The molecule has 0 amide bonds. The lowest BCUT2D eigenvalue weighted by Crippen LogP contribution is -2.38. The largest absolute Gasteiger partial charge is 0.467 e. The van der Waals surface area contributed by atoms with Gasteiger partial charge in [0.25, 0.3) is 0 Å². The van der Waals surface area contributed by atoms with Gasteiger partial charge in [0.2, 0.25) is 0 Å². The topological polar surface area (TPSA) is 79.0 Å². The van der Waals surface area contributed by atoms with Gasteiger partial charge in [0.15, 0.2) is 5.96 Å². The van der Waals surface area contributed by atoms with Crippen LogP contribution in [-0.2, 0) is 4.74 Å². The molecule has 0 aliphatic rings. The molecule has 3 N–H and O–H groups in total. The molecule has 1 aromatic heterocycles. The Balaban J connectivity index is 2.24. The van der Waals surface area contributed by atoms with Gasteiger partial charge in [-0.25, -0.2) is 0 Å². The van der Waals surface area contributed by atoms with Crippen molar-refractivity contribution < 1.29 is 14.3 Å². The molecule has 6 nitrogen and oxygen atoms in total. The number of ether oxygens (including phenoxy) is 1. The second kappa shape index (κ2) is 12.1. The second-order valence-corrected chi connectivity index (χ2v) is 5.00. The number of aliphatic hydroxyl groups is 1. The number of guanidine groups is 1. The van der Waals surface area contributed by atoms with Crippen molar-refractivity contribution in [3.63, 3.8) is 0 Å². The van der Waals surface area contributed by atoms with Gasteiger partial charge in [-0.1, -0.05) is 13.3 Å². The number of aliphatic imine (C=N–C) groups is 1. The van der Waals surface area contributed by atoms with E-state index in [-0.39, 0.29) is 6.54 Å². The van der Waals surface area contributed by atoms with E-state index in [2.05, 4.69) is 22.5 Å². The van der Waals surface area contributed by atoms with Crippen LogP contribution < -0.4 is 10.6 Å². The molecule has 1 unspecified atom stereocenters. The zero-order chi connectivity index (χ0) is 16.0. The summed E-state index contributed by atoms with van der Waals surface area (Å²) in [6.45, 7) is 7.57. The number of hydrogen-bond acceptors (Lipinski definition) is 4. The molecule has 22 heavy (non-hydrogen) atoms. The van der Waals surface area contributed by atoms with Crippen LogP contribution >= 0.6 is 0 Å². The molecular weight excluding hydrogens is 282 g/mol. The molecular formula is C16H29N3O3. The SMILES string of the molecule is CCCCOCCCNC(=NCC(O)c1ccco1)NCC. The Kier molecular flexibility index (Phi) is 10.1. The molecule has 1 rings (SSSR count). The number of nitrogens with zero attached hydrogens (tertiary/aromatic N) is 1. The first-order valence-corrected chi connectivity index (χ1v) is 8.09. The monoisotopic (exact) mass is 311 g/mol. The Morgan fingerprint density at radius 3 is 2.82 bits per heavy atom. The zero-order valence-electron chi connectivity index (χ0n) is 13.7. The minimum absolute atomic E-state index is 0.260. The van der Waals surface area contributed by atoms with Crippen LogP contribution in [0.2, 0.25) is 0 Å². The molecule has 0 radical (unpaired) electrons. The third-order valence-corrected chi connectivity index (χ3v) is 3.04. The summed E-state index contributed by atoms with van der Waals surface area (Å²) in [6, 6.07) is 3.50. The highest BCUT2D eigenvalue weighted by molar-refractivity contribution is 5.79. The van der Waals surface area contributed by atoms with Crippen molar-refractivity contribution in [3.05, 3.63) is 24.2 Å². The molecule has 6 heteroatoms. The van der Waals surface area contributed by atoms with Crippen LogP contribution in [-0.4, -0.2) is 43.9 Å². The van der Waals surface area contributed by atoms with Gasteiger partial charge < -0.3 is 24.9 Å². The quantitative estimate of drug-likeness (QED) is 0.331. The summed E-state index contributed by atoms with van der Waals surface area (Å²) in [4.78, 5) is 4.36. The maximum Gasteiger partial charge on any atom is 0.191 e. The van der Waals surface area contributed by atoms with Crippen LogP contribution in [0.25, 0.3) is 0 Å². The zero-order valence-corrected chi connectivity index (χ0v) is 13.7. The maximum atomic E-state index is 9.94. The maximum absolute atomic E-state index is 9.94. The van der Waals surface area contributed by atoms with E-state index in [1.54, 1.807) is 18.4 Å². The highest BCUT2D eigenvalue weighted by Gasteiger charge is 2.09. The first kappa shape index (κ1) is 18.5. The average Bonchev–Trinajstić information content (AvgIpc) is 3.05. The summed E-state index contributed by atoms with van der Waals surface area (Å²) in [5, 5.41) is 16.3. The summed E-state index contributed by atoms with van der Waals surface area (Å²) in [6.07, 6.45) is 4.03. The standard InChI is InChI=1S/C16H29N3O3/c1-3-5-10-21-11-7-9-18-16(17-4-2)19-13-14(20)15-8-6-12-22-15/h6,8,12,14,20H,3-5,7,9-11,13H2,1-2H3,(H2,17,18,19). The van der Waals surface area contributed by atoms with Crippen molar-refractivity contribution in [2.75, 3.05) is 32.8 Å². The normalized spacial score (nSPS) is 13.1. The lowest BCUT2D eigenvalue weighted by molar-refractivity contribution is 0.129. The minimum Gasteiger partial charge on any atom is -0.467 e. The lowest BCUT2D eigenvalue weighted by Gasteiger charge is -2.12. The Morgan fingerprint density at radius 1 is 1.32 bits per heavy atom. The first-order valence-electron chi connectivity index (χ1n) is 8.09. The molecule has 0 aromatic carbocycles. The van der Waals surface area contributed by atoms with Crippen LogP contribution in [0.5, 0.6) is 0 Å². The molecule has 1 aromatic rings. The van der Waals surface area contributed by atoms with E-state index in [9.17, 15) is 5.11 Å². The van der Waals surface area contributed by atoms with Crippen LogP contribution in [0.3, 0.4) is 0 Å². The smallest absolute Gasteiger partial charge is 0.191 e. The molecule has 0 bridgehead atoms. The van der Waals surface area contributed by atoms with Crippen molar-refractivity contribution in [3.8, 4) is 0 Å². The van der Waals surface area contributed by atoms with E-state index in [1.807, 2.05) is 6.92 Å². The number of furan rings is 1. The van der Waals surface area contributed by atoms with Gasteiger partial charge in [-0.15, -0.1) is 0 Å². The first-order chi connectivity index (χ1) is 10.8. The fraction of sp³-hybridized carbons (Fsp3) is 0.688. The van der Waals surface area contributed by atoms with E-state index in [1.165, 1.54) is 0 Å². The van der Waals surface area contributed by atoms with Crippen molar-refractivity contribution in [2.24, 2.45) is 4.99 Å². The van der Waals surface area contributed by atoms with E-state index >= 15 is 0 Å². The van der Waals surface area contributed by atoms with Gasteiger partial charge in [0.1, 0.15) is 11.9 Å². The fourth-order valence-corrected chi connectivity index (χ4v) is 1.82. The second-order valence-electron chi connectivity index (χ2n) is 5.00. The van der Waals surface area contributed by atoms with Gasteiger partial charge in [-0.3, -0.25) is 4.99 Å². The summed E-state index contributed by atoms with van der Waals surface area (Å²) in [7, 11) is 0. The molecule has 126 valence electrons. The fourth-order valence-electron chi connectivity index (χ4n) is 1.82. The molecule has 1 heterocycles. The molecule has 0 fully saturated rings. The van der Waals surface area contributed by atoms with E-state index in [0.717, 1.165) is 45.6 Å². The van der Waals surface area contributed by atoms with Gasteiger partial charge in [-0.2, -0.15) is 0 Å². The van der Waals surface area contributed by atoms with Crippen molar-refractivity contribution in [1.82, 2.24) is 10.6 Å². The van der Waals surface area contributed by atoms with Gasteiger partial charge in [-0.05, 0) is 31.9 Å². The van der Waals surface area contributed by atoms with Crippen LogP contribution in [0.1, 0.15) is 45.0 Å². The summed E-state index contributed by atoms with van der Waals surface area (Å²) < 4.78 is 10.7. The van der Waals surface area contributed by atoms with Crippen molar-refractivity contribution in [1.29, 1.82) is 0 Å². The predicted molar refractivity (Wildman–Crippen MR) is 88.0 cm³/mol. The van der Waals surface area contributed by atoms with Crippen molar-refractivity contribution in [2.45, 2.75) is 39.2 Å². The molecule has 1 atom stereocenters. The molecule has 0 aliphatic heterocycles. The third-order valence-electron chi connectivity index (χ3n) is 3.04. The number of aliphatic hydroxyl groups excluding tert-OH is 1. The van der Waals surface area contributed by atoms with Crippen LogP contribution in [0.15, 0.2) is 27.8 Å². The lowest BCUT2D eigenvalue weighted by atomic mass is 10.3. The van der Waals surface area contributed by atoms with E-state index < -0.39 is 6.10 Å². The van der Waals surface area contributed by atoms with Gasteiger partial charge >= 0.3 is 0 Å². The van der Waals surface area contributed by atoms with Crippen LogP contribution in [0.4, 0.5) is 0 Å². The Morgan fingerprint density at radius 2 is 2.14 bits per heavy atom.